The van der Waals surface area contributed by atoms with Crippen molar-refractivity contribution in [2.24, 2.45) is 0 Å². The van der Waals surface area contributed by atoms with Crippen LogP contribution in [-0.4, -0.2) is 12.5 Å². The van der Waals surface area contributed by atoms with Crippen LogP contribution in [0.25, 0.3) is 0 Å². The predicted octanol–water partition coefficient (Wildman–Crippen LogP) is 1.59. The van der Waals surface area contributed by atoms with Gasteiger partial charge >= 0.3 is 0 Å². The van der Waals surface area contributed by atoms with Crippen molar-refractivity contribution in [3.63, 3.8) is 0 Å². The van der Waals surface area contributed by atoms with Crippen molar-refractivity contribution in [1.82, 2.24) is 5.48 Å². The Labute approximate surface area is 95.9 Å². The molecule has 14 heavy (non-hydrogen) atoms. The van der Waals surface area contributed by atoms with E-state index >= 15 is 0 Å². The number of hydrogen-bond donors (Lipinski definition) is 1. The molecule has 0 radical (unpaired) electrons. The first-order valence-electron chi connectivity index (χ1n) is 3.86. The van der Waals surface area contributed by atoms with Gasteiger partial charge in [-0.1, -0.05) is 18.1 Å². The zero-order valence-corrected chi connectivity index (χ0v) is 9.45. The van der Waals surface area contributed by atoms with E-state index in [1.807, 2.05) is 12.1 Å². The normalized spacial score (nSPS) is 9.14. The minimum Gasteiger partial charge on any atom is -0.267 e. The van der Waals surface area contributed by atoms with E-state index in [1.54, 1.807) is 12.1 Å². The summed E-state index contributed by atoms with van der Waals surface area (Å²) < 4.78 is 0.868. The molecule has 1 aromatic rings. The quantitative estimate of drug-likeness (QED) is 0.398. The molecule has 1 N–H and O–H groups in total. The summed E-state index contributed by atoms with van der Waals surface area (Å²) in [6.07, 6.45) is 4.96. The fourth-order valence-electron chi connectivity index (χ4n) is 0.844. The molecule has 1 aromatic carbocycles. The number of halogens is 1. The van der Waals surface area contributed by atoms with E-state index < -0.39 is 0 Å². The minimum absolute atomic E-state index is 0.0646. The largest absolute Gasteiger partial charge is 0.275 e. The van der Waals surface area contributed by atoms with Gasteiger partial charge in [-0.3, -0.25) is 9.63 Å². The first-order valence-corrected chi connectivity index (χ1v) is 4.93. The molecule has 1 rings (SSSR count). The molecule has 0 aliphatic carbocycles. The van der Waals surface area contributed by atoms with Crippen LogP contribution in [0.4, 0.5) is 0 Å². The second-order valence-electron chi connectivity index (χ2n) is 2.40. The van der Waals surface area contributed by atoms with E-state index in [4.69, 9.17) is 11.3 Å². The van der Waals surface area contributed by atoms with Crippen molar-refractivity contribution in [1.29, 1.82) is 0 Å². The molecular weight excluding hydrogens is 293 g/mol. The number of benzene rings is 1. The molecular formula is C10H8INO2. The summed E-state index contributed by atoms with van der Waals surface area (Å²) in [6.45, 7) is 0.0646. The Hall–Kier alpha value is -1.06. The van der Waals surface area contributed by atoms with Crippen LogP contribution in [0.15, 0.2) is 24.3 Å². The highest BCUT2D eigenvalue weighted by atomic mass is 127. The fourth-order valence-corrected chi connectivity index (χ4v) is 1.48. The molecule has 0 atom stereocenters. The number of hydroxylamine groups is 1. The molecule has 0 aromatic heterocycles. The summed E-state index contributed by atoms with van der Waals surface area (Å²) in [4.78, 5) is 16.1. The number of hydrogen-bond acceptors (Lipinski definition) is 2. The molecule has 72 valence electrons. The Bertz CT molecular complexity index is 371. The van der Waals surface area contributed by atoms with E-state index in [-0.39, 0.29) is 12.5 Å². The molecule has 0 unspecified atom stereocenters. The number of nitrogens with one attached hydrogen (secondary N) is 1. The highest BCUT2D eigenvalue weighted by molar-refractivity contribution is 14.1. The lowest BCUT2D eigenvalue weighted by atomic mass is 10.2. The monoisotopic (exact) mass is 301 g/mol. The number of rotatable bonds is 3. The van der Waals surface area contributed by atoms with Crippen LogP contribution < -0.4 is 5.48 Å². The van der Waals surface area contributed by atoms with Crippen LogP contribution in [0, 0.1) is 15.9 Å². The van der Waals surface area contributed by atoms with E-state index in [0.717, 1.165) is 3.57 Å². The summed E-state index contributed by atoms with van der Waals surface area (Å²) in [5, 5.41) is 0. The molecule has 0 saturated heterocycles. The Morgan fingerprint density at radius 1 is 1.57 bits per heavy atom. The lowest BCUT2D eigenvalue weighted by Crippen LogP contribution is -2.24. The molecule has 3 nitrogen and oxygen atoms in total. The standard InChI is InChI=1S/C10H8INO2/c1-2-7-14-12-10(13)8-5-3-4-6-9(8)11/h1,3-6H,7H2,(H,12,13). The average molecular weight is 301 g/mol. The second kappa shape index (κ2) is 5.62. The van der Waals surface area contributed by atoms with Crippen LogP contribution >= 0.6 is 22.6 Å². The molecule has 0 fully saturated rings. The van der Waals surface area contributed by atoms with Crippen LogP contribution in [0.5, 0.6) is 0 Å². The van der Waals surface area contributed by atoms with Gasteiger partial charge in [0.1, 0.15) is 6.61 Å². The van der Waals surface area contributed by atoms with Crippen molar-refractivity contribution in [2.45, 2.75) is 0 Å². The zero-order valence-electron chi connectivity index (χ0n) is 7.29. The topological polar surface area (TPSA) is 38.3 Å². The number of carbonyl (C=O) groups excluding carboxylic acids is 1. The van der Waals surface area contributed by atoms with Crippen LogP contribution in [-0.2, 0) is 4.84 Å². The third kappa shape index (κ3) is 3.01. The summed E-state index contributed by atoms with van der Waals surface area (Å²) in [5.41, 5.74) is 2.83. The SMILES string of the molecule is C#CCONC(=O)c1ccccc1I. The van der Waals surface area contributed by atoms with E-state index in [0.29, 0.717) is 5.56 Å². The maximum Gasteiger partial charge on any atom is 0.275 e. The summed E-state index contributed by atoms with van der Waals surface area (Å²) in [7, 11) is 0. The van der Waals surface area contributed by atoms with Crippen molar-refractivity contribution < 1.29 is 9.63 Å². The van der Waals surface area contributed by atoms with E-state index in [1.165, 1.54) is 0 Å². The maximum atomic E-state index is 11.4. The summed E-state index contributed by atoms with van der Waals surface area (Å²) >= 11 is 2.08. The molecule has 4 heteroatoms. The lowest BCUT2D eigenvalue weighted by Gasteiger charge is -2.04. The second-order valence-corrected chi connectivity index (χ2v) is 3.57. The number of amides is 1. The van der Waals surface area contributed by atoms with Gasteiger partial charge in [-0.15, -0.1) is 6.42 Å². The molecule has 0 aliphatic rings. The average Bonchev–Trinajstić information content (AvgIpc) is 2.18. The van der Waals surface area contributed by atoms with Crippen LogP contribution in [0.2, 0.25) is 0 Å². The fraction of sp³-hybridized carbons (Fsp3) is 0.100. The van der Waals surface area contributed by atoms with Crippen LogP contribution in [0.1, 0.15) is 10.4 Å². The molecule has 0 heterocycles. The van der Waals surface area contributed by atoms with Gasteiger partial charge in [0, 0.05) is 3.57 Å². The third-order valence-corrected chi connectivity index (χ3v) is 2.38. The maximum absolute atomic E-state index is 11.4. The van der Waals surface area contributed by atoms with Gasteiger partial charge in [-0.2, -0.15) is 0 Å². The lowest BCUT2D eigenvalue weighted by molar-refractivity contribution is 0.0437. The Morgan fingerprint density at radius 2 is 2.29 bits per heavy atom. The first-order chi connectivity index (χ1) is 6.75. The van der Waals surface area contributed by atoms with Gasteiger partial charge in [-0.25, -0.2) is 5.48 Å². The zero-order chi connectivity index (χ0) is 10.4. The van der Waals surface area contributed by atoms with Gasteiger partial charge in [0.15, 0.2) is 0 Å². The van der Waals surface area contributed by atoms with E-state index in [2.05, 4.69) is 34.0 Å². The Morgan fingerprint density at radius 3 is 2.93 bits per heavy atom. The number of terminal acetylenes is 1. The van der Waals surface area contributed by atoms with Crippen molar-refractivity contribution in [3.05, 3.63) is 33.4 Å². The summed E-state index contributed by atoms with van der Waals surface area (Å²) in [5.74, 6) is 1.96. The highest BCUT2D eigenvalue weighted by Crippen LogP contribution is 2.10. The Kier molecular flexibility index (Phi) is 4.43. The molecule has 1 amide bonds. The molecule has 0 aliphatic heterocycles. The van der Waals surface area contributed by atoms with Crippen molar-refractivity contribution >= 4 is 28.5 Å². The molecule has 0 bridgehead atoms. The van der Waals surface area contributed by atoms with Gasteiger partial charge in [0.2, 0.25) is 0 Å². The predicted molar refractivity (Wildman–Crippen MR) is 61.4 cm³/mol. The van der Waals surface area contributed by atoms with E-state index in [9.17, 15) is 4.79 Å². The highest BCUT2D eigenvalue weighted by Gasteiger charge is 2.07. The van der Waals surface area contributed by atoms with Gasteiger partial charge in [0.25, 0.3) is 5.91 Å². The first kappa shape index (κ1) is 11.0. The van der Waals surface area contributed by atoms with Crippen LogP contribution in [0.3, 0.4) is 0 Å². The smallest absolute Gasteiger partial charge is 0.267 e. The third-order valence-electron chi connectivity index (χ3n) is 1.44. The summed E-state index contributed by atoms with van der Waals surface area (Å²) in [6, 6.07) is 7.21. The Balaban J connectivity index is 2.62. The molecule has 0 saturated carbocycles. The number of carbonyl (C=O) groups is 1. The van der Waals surface area contributed by atoms with Crippen molar-refractivity contribution in [2.75, 3.05) is 6.61 Å². The van der Waals surface area contributed by atoms with Gasteiger partial charge in [0.05, 0.1) is 5.56 Å². The van der Waals surface area contributed by atoms with Gasteiger partial charge < -0.3 is 0 Å². The minimum atomic E-state index is -0.287. The van der Waals surface area contributed by atoms with Crippen molar-refractivity contribution in [3.8, 4) is 12.3 Å². The molecule has 0 spiro atoms. The van der Waals surface area contributed by atoms with Gasteiger partial charge in [-0.05, 0) is 34.7 Å².